The molecule has 2 heterocycles. The highest BCUT2D eigenvalue weighted by molar-refractivity contribution is 5.95. The number of pyridine rings is 1. The Labute approximate surface area is 151 Å². The summed E-state index contributed by atoms with van der Waals surface area (Å²) in [7, 11) is 1.78. The fraction of sp³-hybridized carbons (Fsp3) is 0.143. The van der Waals surface area contributed by atoms with Crippen LogP contribution in [-0.2, 0) is 11.3 Å². The van der Waals surface area contributed by atoms with Crippen molar-refractivity contribution in [2.75, 3.05) is 13.8 Å². The zero-order valence-corrected chi connectivity index (χ0v) is 14.4. The van der Waals surface area contributed by atoms with E-state index in [9.17, 15) is 4.79 Å². The average Bonchev–Trinajstić information content (AvgIpc) is 3.13. The van der Waals surface area contributed by atoms with Gasteiger partial charge in [0.05, 0.1) is 5.52 Å². The van der Waals surface area contributed by atoms with E-state index in [4.69, 9.17) is 9.47 Å². The molecule has 0 aliphatic carbocycles. The van der Waals surface area contributed by atoms with E-state index < -0.39 is 0 Å². The lowest BCUT2D eigenvalue weighted by Gasteiger charge is -2.15. The number of nitrogens with zero attached hydrogens (tertiary/aromatic N) is 2. The fourth-order valence-corrected chi connectivity index (χ4v) is 2.94. The molecule has 0 saturated carbocycles. The average molecular weight is 346 g/mol. The third kappa shape index (κ3) is 3.24. The van der Waals surface area contributed by atoms with Crippen LogP contribution in [0, 0.1) is 0 Å². The highest BCUT2D eigenvalue weighted by Crippen LogP contribution is 2.32. The molecule has 0 atom stereocenters. The number of benzene rings is 2. The number of ether oxygens (including phenoxy) is 2. The Bertz CT molecular complexity index is 992. The highest BCUT2D eigenvalue weighted by atomic mass is 16.7. The maximum atomic E-state index is 12.5. The van der Waals surface area contributed by atoms with E-state index in [1.54, 1.807) is 24.2 Å². The summed E-state index contributed by atoms with van der Waals surface area (Å²) in [6.45, 7) is 0.739. The maximum absolute atomic E-state index is 12.5. The molecule has 2 aromatic carbocycles. The first-order valence-electron chi connectivity index (χ1n) is 8.36. The lowest BCUT2D eigenvalue weighted by atomic mass is 10.1. The summed E-state index contributed by atoms with van der Waals surface area (Å²) in [6.07, 6.45) is 5.15. The summed E-state index contributed by atoms with van der Waals surface area (Å²) in [5.41, 5.74) is 2.80. The van der Waals surface area contributed by atoms with Gasteiger partial charge in [-0.25, -0.2) is 0 Å². The van der Waals surface area contributed by atoms with E-state index in [-0.39, 0.29) is 12.7 Å². The van der Waals surface area contributed by atoms with Gasteiger partial charge in [0.1, 0.15) is 0 Å². The predicted molar refractivity (Wildman–Crippen MR) is 99.8 cm³/mol. The van der Waals surface area contributed by atoms with Crippen molar-refractivity contribution >= 4 is 22.9 Å². The van der Waals surface area contributed by atoms with Crippen molar-refractivity contribution in [3.8, 4) is 11.5 Å². The second kappa shape index (κ2) is 6.88. The second-order valence-corrected chi connectivity index (χ2v) is 6.14. The first-order valence-corrected chi connectivity index (χ1v) is 8.36. The minimum atomic E-state index is -0.0735. The SMILES string of the molecule is CN(Cc1ccc2c(c1)OCO2)C(=O)/C=C\c1cccc2cccnc12. The Balaban J connectivity index is 1.47. The van der Waals surface area contributed by atoms with Crippen LogP contribution >= 0.6 is 0 Å². The van der Waals surface area contributed by atoms with Crippen LogP contribution in [0.3, 0.4) is 0 Å². The summed E-state index contributed by atoms with van der Waals surface area (Å²) >= 11 is 0. The zero-order valence-electron chi connectivity index (χ0n) is 14.4. The first kappa shape index (κ1) is 16.1. The Kier molecular flexibility index (Phi) is 4.27. The van der Waals surface area contributed by atoms with E-state index in [0.29, 0.717) is 6.54 Å². The summed E-state index contributed by atoms with van der Waals surface area (Å²) in [6, 6.07) is 15.6. The Morgan fingerprint density at radius 1 is 1.15 bits per heavy atom. The zero-order chi connectivity index (χ0) is 17.9. The number of hydrogen-bond donors (Lipinski definition) is 0. The fourth-order valence-electron chi connectivity index (χ4n) is 2.94. The van der Waals surface area contributed by atoms with Crippen molar-refractivity contribution in [1.82, 2.24) is 9.88 Å². The molecule has 1 aliphatic rings. The molecule has 1 aromatic heterocycles. The van der Waals surface area contributed by atoms with Crippen LogP contribution < -0.4 is 9.47 Å². The molecule has 0 saturated heterocycles. The van der Waals surface area contributed by atoms with Crippen LogP contribution in [-0.4, -0.2) is 29.6 Å². The standard InChI is InChI=1S/C21H18N2O3/c1-23(13-15-7-9-18-19(12-15)26-14-25-18)20(24)10-8-17-5-2-4-16-6-3-11-22-21(16)17/h2-12H,13-14H2,1H3/b10-8-. The number of rotatable bonds is 4. The maximum Gasteiger partial charge on any atom is 0.246 e. The number of fused-ring (bicyclic) bond motifs is 2. The molecular weight excluding hydrogens is 328 g/mol. The van der Waals surface area contributed by atoms with Gasteiger partial charge < -0.3 is 14.4 Å². The van der Waals surface area contributed by atoms with Crippen molar-refractivity contribution < 1.29 is 14.3 Å². The molecule has 0 fully saturated rings. The van der Waals surface area contributed by atoms with E-state index in [0.717, 1.165) is 33.5 Å². The van der Waals surface area contributed by atoms with Gasteiger partial charge in [0.15, 0.2) is 11.5 Å². The predicted octanol–water partition coefficient (Wildman–Crippen LogP) is 3.64. The molecule has 1 amide bonds. The van der Waals surface area contributed by atoms with Crippen LogP contribution in [0.25, 0.3) is 17.0 Å². The molecule has 26 heavy (non-hydrogen) atoms. The van der Waals surface area contributed by atoms with Crippen LogP contribution in [0.1, 0.15) is 11.1 Å². The van der Waals surface area contributed by atoms with Crippen LogP contribution in [0.2, 0.25) is 0 Å². The van der Waals surface area contributed by atoms with Gasteiger partial charge in [0.25, 0.3) is 0 Å². The number of carbonyl (C=O) groups is 1. The van der Waals surface area contributed by atoms with Gasteiger partial charge in [0.2, 0.25) is 12.7 Å². The molecule has 4 rings (SSSR count). The van der Waals surface area contributed by atoms with Crippen molar-refractivity contribution in [3.63, 3.8) is 0 Å². The third-order valence-electron chi connectivity index (χ3n) is 4.30. The summed E-state index contributed by atoms with van der Waals surface area (Å²) in [5, 5.41) is 1.05. The van der Waals surface area contributed by atoms with Crippen molar-refractivity contribution in [1.29, 1.82) is 0 Å². The number of hydrogen-bond acceptors (Lipinski definition) is 4. The molecular formula is C21H18N2O3. The lowest BCUT2D eigenvalue weighted by Crippen LogP contribution is -2.24. The lowest BCUT2D eigenvalue weighted by molar-refractivity contribution is -0.125. The molecule has 3 aromatic rings. The minimum absolute atomic E-state index is 0.0735. The number of para-hydroxylation sites is 1. The topological polar surface area (TPSA) is 51.7 Å². The normalized spacial score (nSPS) is 12.7. The van der Waals surface area contributed by atoms with E-state index in [1.165, 1.54) is 0 Å². The largest absolute Gasteiger partial charge is 0.454 e. The van der Waals surface area contributed by atoms with Crippen LogP contribution in [0.5, 0.6) is 11.5 Å². The smallest absolute Gasteiger partial charge is 0.246 e. The Hall–Kier alpha value is -3.34. The number of carbonyl (C=O) groups excluding carboxylic acids is 1. The summed E-state index contributed by atoms with van der Waals surface area (Å²) < 4.78 is 10.7. The van der Waals surface area contributed by atoms with Gasteiger partial charge in [-0.15, -0.1) is 0 Å². The molecule has 0 radical (unpaired) electrons. The van der Waals surface area contributed by atoms with Crippen molar-refractivity contribution in [3.05, 3.63) is 71.9 Å². The minimum Gasteiger partial charge on any atom is -0.454 e. The van der Waals surface area contributed by atoms with Gasteiger partial charge in [-0.05, 0) is 29.8 Å². The molecule has 130 valence electrons. The third-order valence-corrected chi connectivity index (χ3v) is 4.30. The molecule has 0 unspecified atom stereocenters. The van der Waals surface area contributed by atoms with Crippen LogP contribution in [0.4, 0.5) is 0 Å². The van der Waals surface area contributed by atoms with Gasteiger partial charge in [-0.1, -0.05) is 30.3 Å². The Morgan fingerprint density at radius 3 is 2.92 bits per heavy atom. The van der Waals surface area contributed by atoms with E-state index >= 15 is 0 Å². The van der Waals surface area contributed by atoms with Crippen LogP contribution in [0.15, 0.2) is 60.8 Å². The number of aromatic nitrogens is 1. The number of likely N-dealkylation sites (N-methyl/N-ethyl adjacent to an activating group) is 1. The monoisotopic (exact) mass is 346 g/mol. The molecule has 5 heteroatoms. The van der Waals surface area contributed by atoms with E-state index in [2.05, 4.69) is 4.98 Å². The van der Waals surface area contributed by atoms with Gasteiger partial charge in [-0.3, -0.25) is 9.78 Å². The molecule has 0 bridgehead atoms. The first-order chi connectivity index (χ1) is 12.7. The van der Waals surface area contributed by atoms with Gasteiger partial charge in [-0.2, -0.15) is 0 Å². The Morgan fingerprint density at radius 2 is 2.00 bits per heavy atom. The summed E-state index contributed by atoms with van der Waals surface area (Å²) in [5.74, 6) is 1.39. The molecule has 1 aliphatic heterocycles. The van der Waals surface area contributed by atoms with Crippen molar-refractivity contribution in [2.24, 2.45) is 0 Å². The molecule has 0 N–H and O–H groups in total. The van der Waals surface area contributed by atoms with Gasteiger partial charge in [0, 0.05) is 36.8 Å². The summed E-state index contributed by atoms with van der Waals surface area (Å²) in [4.78, 5) is 18.5. The second-order valence-electron chi connectivity index (χ2n) is 6.14. The van der Waals surface area contributed by atoms with E-state index in [1.807, 2.05) is 54.6 Å². The van der Waals surface area contributed by atoms with Gasteiger partial charge >= 0.3 is 0 Å². The highest BCUT2D eigenvalue weighted by Gasteiger charge is 2.14. The molecule has 0 spiro atoms. The van der Waals surface area contributed by atoms with Crippen molar-refractivity contribution in [2.45, 2.75) is 6.54 Å². The molecule has 5 nitrogen and oxygen atoms in total. The number of amides is 1. The quantitative estimate of drug-likeness (QED) is 0.677.